The van der Waals surface area contributed by atoms with E-state index in [0.717, 1.165) is 16.8 Å². The van der Waals surface area contributed by atoms with Crippen molar-refractivity contribution < 1.29 is 4.42 Å². The lowest BCUT2D eigenvalue weighted by Crippen LogP contribution is -2.16. The van der Waals surface area contributed by atoms with Gasteiger partial charge in [0.05, 0.1) is 24.3 Å². The molecule has 2 rings (SSSR count). The van der Waals surface area contributed by atoms with E-state index >= 15 is 0 Å². The molecule has 1 atom stereocenters. The van der Waals surface area contributed by atoms with Gasteiger partial charge in [-0.3, -0.25) is 4.68 Å². The molecule has 4 nitrogen and oxygen atoms in total. The van der Waals surface area contributed by atoms with Crippen LogP contribution in [-0.4, -0.2) is 9.78 Å². The van der Waals surface area contributed by atoms with Crippen LogP contribution >= 0.6 is 0 Å². The quantitative estimate of drug-likeness (QED) is 0.780. The van der Waals surface area contributed by atoms with E-state index in [4.69, 9.17) is 10.2 Å². The average Bonchev–Trinajstić information content (AvgIpc) is 2.73. The van der Waals surface area contributed by atoms with Gasteiger partial charge in [0.25, 0.3) is 0 Å². The molecular formula is C10H13N3O. The van der Waals surface area contributed by atoms with Crippen LogP contribution in [0, 0.1) is 6.92 Å². The lowest BCUT2D eigenvalue weighted by atomic mass is 10.0. The van der Waals surface area contributed by atoms with Crippen molar-refractivity contribution >= 4 is 0 Å². The first-order chi connectivity index (χ1) is 6.70. The van der Waals surface area contributed by atoms with Crippen molar-refractivity contribution in [3.05, 3.63) is 41.6 Å². The van der Waals surface area contributed by atoms with Gasteiger partial charge in [-0.15, -0.1) is 0 Å². The highest BCUT2D eigenvalue weighted by molar-refractivity contribution is 5.29. The molecule has 0 radical (unpaired) electrons. The monoisotopic (exact) mass is 191 g/mol. The summed E-state index contributed by atoms with van der Waals surface area (Å²) in [4.78, 5) is 0. The fourth-order valence-electron chi connectivity index (χ4n) is 1.54. The summed E-state index contributed by atoms with van der Waals surface area (Å²) in [5, 5.41) is 4.08. The predicted molar refractivity (Wildman–Crippen MR) is 52.7 cm³/mol. The molecule has 2 N–H and O–H groups in total. The second-order valence-electron chi connectivity index (χ2n) is 3.37. The maximum atomic E-state index is 6.09. The van der Waals surface area contributed by atoms with Crippen LogP contribution in [-0.2, 0) is 7.05 Å². The van der Waals surface area contributed by atoms with Gasteiger partial charge in [0, 0.05) is 18.8 Å². The van der Waals surface area contributed by atoms with Crippen molar-refractivity contribution in [1.29, 1.82) is 0 Å². The molecule has 4 heteroatoms. The maximum absolute atomic E-state index is 6.09. The predicted octanol–water partition coefficient (Wildman–Crippen LogP) is 1.37. The first-order valence-electron chi connectivity index (χ1n) is 4.46. The number of hydrogen-bond acceptors (Lipinski definition) is 3. The van der Waals surface area contributed by atoms with Gasteiger partial charge >= 0.3 is 0 Å². The second kappa shape index (κ2) is 3.31. The number of furan rings is 1. The minimum atomic E-state index is -0.166. The Hall–Kier alpha value is -1.55. The summed E-state index contributed by atoms with van der Waals surface area (Å²) in [6.07, 6.45) is 5.13. The number of nitrogens with two attached hydrogens (primary N) is 1. The van der Waals surface area contributed by atoms with Crippen LogP contribution in [0.2, 0.25) is 0 Å². The van der Waals surface area contributed by atoms with E-state index in [1.165, 1.54) is 0 Å². The Morgan fingerprint density at radius 2 is 2.29 bits per heavy atom. The van der Waals surface area contributed by atoms with E-state index in [1.54, 1.807) is 23.4 Å². The maximum Gasteiger partial charge on any atom is 0.0957 e. The molecule has 0 amide bonds. The zero-order valence-corrected chi connectivity index (χ0v) is 8.27. The zero-order chi connectivity index (χ0) is 10.1. The van der Waals surface area contributed by atoms with Gasteiger partial charge in [0.1, 0.15) is 0 Å². The van der Waals surface area contributed by atoms with Crippen LogP contribution in [0.3, 0.4) is 0 Å². The Balaban J connectivity index is 2.38. The number of rotatable bonds is 2. The summed E-state index contributed by atoms with van der Waals surface area (Å²) in [7, 11) is 1.88. The molecule has 2 aromatic rings. The summed E-state index contributed by atoms with van der Waals surface area (Å²) in [5.74, 6) is 0. The summed E-state index contributed by atoms with van der Waals surface area (Å²) in [6.45, 7) is 1.98. The molecule has 2 heterocycles. The molecule has 2 aromatic heterocycles. The van der Waals surface area contributed by atoms with Gasteiger partial charge < -0.3 is 10.2 Å². The minimum absolute atomic E-state index is 0.166. The first kappa shape index (κ1) is 9.02. The van der Waals surface area contributed by atoms with Crippen LogP contribution in [0.25, 0.3) is 0 Å². The molecule has 0 aromatic carbocycles. The van der Waals surface area contributed by atoms with E-state index in [9.17, 15) is 0 Å². The van der Waals surface area contributed by atoms with Crippen molar-refractivity contribution in [2.45, 2.75) is 13.0 Å². The SMILES string of the molecule is Cc1cocc1C(N)c1ccnn1C. The Morgan fingerprint density at radius 1 is 1.50 bits per heavy atom. The van der Waals surface area contributed by atoms with E-state index in [0.29, 0.717) is 0 Å². The lowest BCUT2D eigenvalue weighted by molar-refractivity contribution is 0.559. The van der Waals surface area contributed by atoms with Crippen molar-refractivity contribution in [3.63, 3.8) is 0 Å². The molecule has 1 unspecified atom stereocenters. The van der Waals surface area contributed by atoms with E-state index in [2.05, 4.69) is 5.10 Å². The lowest BCUT2D eigenvalue weighted by Gasteiger charge is -2.10. The minimum Gasteiger partial charge on any atom is -0.472 e. The highest BCUT2D eigenvalue weighted by atomic mass is 16.3. The molecule has 74 valence electrons. The smallest absolute Gasteiger partial charge is 0.0957 e. The molecule has 0 saturated carbocycles. The standard InChI is InChI=1S/C10H13N3O/c1-7-5-14-6-8(7)10(11)9-3-4-12-13(9)2/h3-6,10H,11H2,1-2H3. The second-order valence-corrected chi connectivity index (χ2v) is 3.37. The Kier molecular flexibility index (Phi) is 2.13. The summed E-state index contributed by atoms with van der Waals surface area (Å²) in [6, 6.07) is 1.75. The fraction of sp³-hybridized carbons (Fsp3) is 0.300. The third kappa shape index (κ3) is 1.33. The van der Waals surface area contributed by atoms with Crippen LogP contribution in [0.15, 0.2) is 29.2 Å². The molecule has 0 saturated heterocycles. The zero-order valence-electron chi connectivity index (χ0n) is 8.27. The third-order valence-corrected chi connectivity index (χ3v) is 2.41. The van der Waals surface area contributed by atoms with Gasteiger partial charge in [-0.2, -0.15) is 5.10 Å². The van der Waals surface area contributed by atoms with Crippen molar-refractivity contribution in [3.8, 4) is 0 Å². The van der Waals surface area contributed by atoms with Gasteiger partial charge in [0.2, 0.25) is 0 Å². The van der Waals surface area contributed by atoms with Gasteiger partial charge in [-0.05, 0) is 18.6 Å². The largest absolute Gasteiger partial charge is 0.472 e. The Labute approximate surface area is 82.3 Å². The average molecular weight is 191 g/mol. The van der Waals surface area contributed by atoms with Gasteiger partial charge in [-0.1, -0.05) is 0 Å². The van der Waals surface area contributed by atoms with Gasteiger partial charge in [-0.25, -0.2) is 0 Å². The number of aryl methyl sites for hydroxylation is 2. The highest BCUT2D eigenvalue weighted by Gasteiger charge is 2.15. The molecule has 0 bridgehead atoms. The topological polar surface area (TPSA) is 57.0 Å². The van der Waals surface area contributed by atoms with Crippen LogP contribution in [0.5, 0.6) is 0 Å². The van der Waals surface area contributed by atoms with E-state index in [1.807, 2.05) is 20.0 Å². The molecule has 0 aliphatic rings. The number of hydrogen-bond donors (Lipinski definition) is 1. The van der Waals surface area contributed by atoms with Crippen molar-refractivity contribution in [2.75, 3.05) is 0 Å². The Morgan fingerprint density at radius 3 is 2.79 bits per heavy atom. The number of nitrogens with zero attached hydrogens (tertiary/aromatic N) is 2. The molecule has 0 fully saturated rings. The summed E-state index contributed by atoms with van der Waals surface area (Å²) < 4.78 is 6.87. The molecular weight excluding hydrogens is 178 g/mol. The number of aromatic nitrogens is 2. The van der Waals surface area contributed by atoms with Crippen LogP contribution in [0.1, 0.15) is 22.9 Å². The van der Waals surface area contributed by atoms with Crippen molar-refractivity contribution in [1.82, 2.24) is 9.78 Å². The Bertz CT molecular complexity index is 390. The summed E-state index contributed by atoms with van der Waals surface area (Å²) >= 11 is 0. The molecule has 14 heavy (non-hydrogen) atoms. The van der Waals surface area contributed by atoms with Crippen LogP contribution in [0.4, 0.5) is 0 Å². The molecule has 0 aliphatic carbocycles. The third-order valence-electron chi connectivity index (χ3n) is 2.41. The normalized spacial score (nSPS) is 13.1. The van der Waals surface area contributed by atoms with E-state index < -0.39 is 0 Å². The first-order valence-corrected chi connectivity index (χ1v) is 4.46. The summed E-state index contributed by atoms with van der Waals surface area (Å²) in [5.41, 5.74) is 9.14. The molecule has 0 aliphatic heterocycles. The fourth-order valence-corrected chi connectivity index (χ4v) is 1.54. The molecule has 0 spiro atoms. The van der Waals surface area contributed by atoms with Crippen molar-refractivity contribution in [2.24, 2.45) is 12.8 Å². The van der Waals surface area contributed by atoms with E-state index in [-0.39, 0.29) is 6.04 Å². The highest BCUT2D eigenvalue weighted by Crippen LogP contribution is 2.22. The van der Waals surface area contributed by atoms with Gasteiger partial charge in [0.15, 0.2) is 0 Å². The van der Waals surface area contributed by atoms with Crippen LogP contribution < -0.4 is 5.73 Å².